The first-order chi connectivity index (χ1) is 12.8. The maximum absolute atomic E-state index is 12.5. The Morgan fingerprint density at radius 1 is 1.30 bits per heavy atom. The summed E-state index contributed by atoms with van der Waals surface area (Å²) in [6.07, 6.45) is 4.41. The number of carbonyl (C=O) groups excluding carboxylic acids is 1. The molecule has 2 heterocycles. The lowest BCUT2D eigenvalue weighted by Gasteiger charge is -2.11. The zero-order valence-corrected chi connectivity index (χ0v) is 16.0. The van der Waals surface area contributed by atoms with Crippen molar-refractivity contribution < 1.29 is 17.6 Å². The van der Waals surface area contributed by atoms with Crippen molar-refractivity contribution in [3.63, 3.8) is 0 Å². The molecule has 0 bridgehead atoms. The molecule has 8 heteroatoms. The van der Waals surface area contributed by atoms with Crippen LogP contribution in [0.1, 0.15) is 24.4 Å². The van der Waals surface area contributed by atoms with E-state index in [1.54, 1.807) is 30.3 Å². The molecular weight excluding hydrogens is 366 g/mol. The maximum Gasteiger partial charge on any atom is 0.284 e. The molecule has 0 saturated carbocycles. The molecule has 3 rings (SSSR count). The molecule has 0 radical (unpaired) electrons. The van der Waals surface area contributed by atoms with Crippen LogP contribution in [0.15, 0.2) is 56.2 Å². The van der Waals surface area contributed by atoms with Crippen LogP contribution in [0.2, 0.25) is 0 Å². The van der Waals surface area contributed by atoms with Gasteiger partial charge >= 0.3 is 0 Å². The summed E-state index contributed by atoms with van der Waals surface area (Å²) in [5.41, 5.74) is 0.376. The highest BCUT2D eigenvalue weighted by Gasteiger charge is 2.20. The summed E-state index contributed by atoms with van der Waals surface area (Å²) in [6.45, 7) is 2.61. The summed E-state index contributed by atoms with van der Waals surface area (Å²) in [5.74, 6) is 1.49. The van der Waals surface area contributed by atoms with E-state index in [0.29, 0.717) is 23.7 Å². The molecule has 1 aromatic heterocycles. The molecule has 0 aliphatic carbocycles. The molecule has 0 atom stereocenters. The average molecular weight is 387 g/mol. The number of hydrogen-bond donors (Lipinski definition) is 1. The van der Waals surface area contributed by atoms with Gasteiger partial charge in [-0.15, -0.1) is 4.40 Å². The molecule has 142 valence electrons. The first kappa shape index (κ1) is 18.9. The Morgan fingerprint density at radius 2 is 2.11 bits per heavy atom. The van der Waals surface area contributed by atoms with Gasteiger partial charge in [-0.3, -0.25) is 4.79 Å². The van der Waals surface area contributed by atoms with Gasteiger partial charge in [-0.25, -0.2) is 0 Å². The third-order valence-corrected chi connectivity index (χ3v) is 5.42. The lowest BCUT2D eigenvalue weighted by molar-refractivity contribution is -0.111. The Labute approximate surface area is 158 Å². The van der Waals surface area contributed by atoms with Crippen LogP contribution in [0.3, 0.4) is 0 Å². The maximum atomic E-state index is 12.5. The van der Waals surface area contributed by atoms with E-state index in [4.69, 9.17) is 4.42 Å². The Balaban J connectivity index is 1.73. The van der Waals surface area contributed by atoms with Crippen molar-refractivity contribution in [1.29, 1.82) is 0 Å². The smallest absolute Gasteiger partial charge is 0.284 e. The fourth-order valence-corrected chi connectivity index (χ4v) is 3.86. The zero-order chi connectivity index (χ0) is 19.4. The van der Waals surface area contributed by atoms with Gasteiger partial charge in [0.2, 0.25) is 5.91 Å². The van der Waals surface area contributed by atoms with E-state index in [1.165, 1.54) is 18.2 Å². The number of amidine groups is 1. The molecule has 27 heavy (non-hydrogen) atoms. The monoisotopic (exact) mass is 387 g/mol. The molecule has 1 aromatic carbocycles. The third-order valence-electron chi connectivity index (χ3n) is 4.12. The van der Waals surface area contributed by atoms with Gasteiger partial charge in [0.15, 0.2) is 0 Å². The SMILES string of the molecule is Cc1ccc(/C=C/C(=O)Nc2cccc(S(=O)(=O)/N=C3\CCCN3C)c2)o1. The van der Waals surface area contributed by atoms with Crippen molar-refractivity contribution in [3.8, 4) is 0 Å². The van der Waals surface area contributed by atoms with E-state index in [2.05, 4.69) is 9.71 Å². The van der Waals surface area contributed by atoms with Crippen LogP contribution in [0.4, 0.5) is 5.69 Å². The molecule has 0 unspecified atom stereocenters. The lowest BCUT2D eigenvalue weighted by Crippen LogP contribution is -2.20. The molecule has 1 aliphatic heterocycles. The van der Waals surface area contributed by atoms with Gasteiger partial charge in [0.05, 0.1) is 4.90 Å². The first-order valence-corrected chi connectivity index (χ1v) is 9.98. The van der Waals surface area contributed by atoms with E-state index in [-0.39, 0.29) is 10.8 Å². The molecule has 0 spiro atoms. The summed E-state index contributed by atoms with van der Waals surface area (Å²) < 4.78 is 34.4. The minimum Gasteiger partial charge on any atom is -0.462 e. The second kappa shape index (κ2) is 7.79. The number of aryl methyl sites for hydroxylation is 1. The van der Waals surface area contributed by atoms with Crippen LogP contribution < -0.4 is 5.32 Å². The van der Waals surface area contributed by atoms with Crippen LogP contribution in [0, 0.1) is 6.92 Å². The molecule has 1 fully saturated rings. The standard InChI is InChI=1S/C19H21N3O4S/c1-14-8-9-16(26-14)10-11-19(23)20-15-5-3-6-17(13-15)27(24,25)21-18-7-4-12-22(18)2/h3,5-6,8-11,13H,4,7,12H2,1-2H3,(H,20,23)/b11-10+,21-18+. The average Bonchev–Trinajstić information content (AvgIpc) is 3.21. The molecule has 1 saturated heterocycles. The Kier molecular flexibility index (Phi) is 5.46. The molecular formula is C19H21N3O4S. The van der Waals surface area contributed by atoms with Crippen LogP contribution in [-0.2, 0) is 14.8 Å². The number of amides is 1. The van der Waals surface area contributed by atoms with Crippen molar-refractivity contribution in [3.05, 3.63) is 54.0 Å². The molecule has 7 nitrogen and oxygen atoms in total. The molecule has 1 N–H and O–H groups in total. The van der Waals surface area contributed by atoms with Gasteiger partial charge in [-0.2, -0.15) is 8.42 Å². The van der Waals surface area contributed by atoms with Crippen LogP contribution >= 0.6 is 0 Å². The fraction of sp³-hybridized carbons (Fsp3) is 0.263. The van der Waals surface area contributed by atoms with Crippen LogP contribution in [0.25, 0.3) is 6.08 Å². The van der Waals surface area contributed by atoms with Gasteiger partial charge < -0.3 is 14.6 Å². The molecule has 1 amide bonds. The first-order valence-electron chi connectivity index (χ1n) is 8.54. The van der Waals surface area contributed by atoms with Gasteiger partial charge in [0, 0.05) is 31.8 Å². The minimum atomic E-state index is -3.83. The highest BCUT2D eigenvalue weighted by molar-refractivity contribution is 7.90. The predicted molar refractivity (Wildman–Crippen MR) is 104 cm³/mol. The van der Waals surface area contributed by atoms with E-state index in [9.17, 15) is 13.2 Å². The summed E-state index contributed by atoms with van der Waals surface area (Å²) in [7, 11) is -2.00. The largest absolute Gasteiger partial charge is 0.462 e. The van der Waals surface area contributed by atoms with Crippen LogP contribution in [0.5, 0.6) is 0 Å². The van der Waals surface area contributed by atoms with Crippen molar-refractivity contribution >= 4 is 33.5 Å². The number of carbonyl (C=O) groups is 1. The number of nitrogens with zero attached hydrogens (tertiary/aromatic N) is 2. The summed E-state index contributed by atoms with van der Waals surface area (Å²) >= 11 is 0. The van der Waals surface area contributed by atoms with Crippen LogP contribution in [-0.4, -0.2) is 38.7 Å². The van der Waals surface area contributed by atoms with Crippen molar-refractivity contribution in [2.24, 2.45) is 4.40 Å². The molecule has 2 aromatic rings. The van der Waals surface area contributed by atoms with Gasteiger partial charge in [-0.05, 0) is 49.8 Å². The van der Waals surface area contributed by atoms with E-state index in [1.807, 2.05) is 18.9 Å². The quantitative estimate of drug-likeness (QED) is 0.796. The molecule has 1 aliphatic rings. The number of benzene rings is 1. The zero-order valence-electron chi connectivity index (χ0n) is 15.2. The topological polar surface area (TPSA) is 92.0 Å². The minimum absolute atomic E-state index is 0.0405. The predicted octanol–water partition coefficient (Wildman–Crippen LogP) is 3.05. The number of sulfonamides is 1. The number of rotatable bonds is 5. The van der Waals surface area contributed by atoms with Gasteiger partial charge in [0.1, 0.15) is 17.4 Å². The Bertz CT molecular complexity index is 1010. The number of furan rings is 1. The van der Waals surface area contributed by atoms with Crippen molar-refractivity contribution in [1.82, 2.24) is 4.90 Å². The fourth-order valence-electron chi connectivity index (χ4n) is 2.72. The summed E-state index contributed by atoms with van der Waals surface area (Å²) in [5, 5.41) is 2.64. The number of anilines is 1. The lowest BCUT2D eigenvalue weighted by atomic mass is 10.3. The summed E-state index contributed by atoms with van der Waals surface area (Å²) in [4.78, 5) is 13.9. The van der Waals surface area contributed by atoms with E-state index >= 15 is 0 Å². The Morgan fingerprint density at radius 3 is 2.78 bits per heavy atom. The highest BCUT2D eigenvalue weighted by atomic mass is 32.2. The third kappa shape index (κ3) is 4.85. The number of hydrogen-bond acceptors (Lipinski definition) is 4. The summed E-state index contributed by atoms with van der Waals surface area (Å²) in [6, 6.07) is 9.61. The number of likely N-dealkylation sites (tertiary alicyclic amines) is 1. The van der Waals surface area contributed by atoms with Gasteiger partial charge in [0.25, 0.3) is 10.0 Å². The second-order valence-electron chi connectivity index (χ2n) is 6.31. The van der Waals surface area contributed by atoms with Crippen molar-refractivity contribution in [2.75, 3.05) is 18.9 Å². The normalized spacial score (nSPS) is 16.4. The van der Waals surface area contributed by atoms with Crippen molar-refractivity contribution in [2.45, 2.75) is 24.7 Å². The highest BCUT2D eigenvalue weighted by Crippen LogP contribution is 2.20. The van der Waals surface area contributed by atoms with Gasteiger partial charge in [-0.1, -0.05) is 6.07 Å². The number of nitrogens with one attached hydrogen (secondary N) is 1. The Hall–Kier alpha value is -2.87. The van der Waals surface area contributed by atoms with E-state index in [0.717, 1.165) is 18.7 Å². The second-order valence-corrected chi connectivity index (χ2v) is 7.91. The van der Waals surface area contributed by atoms with E-state index < -0.39 is 10.0 Å².